The van der Waals surface area contributed by atoms with Gasteiger partial charge in [0.1, 0.15) is 0 Å². The Kier molecular flexibility index (Phi) is 1.12. The van der Waals surface area contributed by atoms with Gasteiger partial charge in [-0.05, 0) is 5.92 Å². The van der Waals surface area contributed by atoms with Gasteiger partial charge in [0, 0.05) is 13.1 Å². The predicted octanol–water partition coefficient (Wildman–Crippen LogP) is -0.168. The van der Waals surface area contributed by atoms with Crippen LogP contribution in [0.2, 0.25) is 0 Å². The van der Waals surface area contributed by atoms with Gasteiger partial charge >= 0.3 is 0 Å². The van der Waals surface area contributed by atoms with Crippen LogP contribution in [-0.2, 0) is 0 Å². The molecule has 3 heteroatoms. The van der Waals surface area contributed by atoms with Crippen molar-refractivity contribution in [2.24, 2.45) is 11.7 Å². The average Bonchev–Trinajstić information content (AvgIpc) is 1.57. The van der Waals surface area contributed by atoms with E-state index in [9.17, 15) is 0 Å². The molecule has 8 heavy (non-hydrogen) atoms. The summed E-state index contributed by atoms with van der Waals surface area (Å²) < 4.78 is 0. The Morgan fingerprint density at radius 1 is 1.75 bits per heavy atom. The van der Waals surface area contributed by atoms with E-state index < -0.39 is 0 Å². The van der Waals surface area contributed by atoms with Gasteiger partial charge < -0.3 is 10.6 Å². The maximum atomic E-state index is 6.95. The minimum absolute atomic E-state index is 0.211. The molecule has 0 aromatic carbocycles. The zero-order valence-electron chi connectivity index (χ0n) is 5.02. The summed E-state index contributed by atoms with van der Waals surface area (Å²) in [6.07, 6.45) is 0. The van der Waals surface area contributed by atoms with Crippen LogP contribution in [0.3, 0.4) is 0 Å². The van der Waals surface area contributed by atoms with E-state index in [1.54, 1.807) is 0 Å². The highest BCUT2D eigenvalue weighted by Gasteiger charge is 2.22. The third-order valence-corrected chi connectivity index (χ3v) is 1.40. The predicted molar refractivity (Wildman–Crippen MR) is 32.7 cm³/mol. The normalized spacial score (nSPS) is 20.4. The molecule has 1 aliphatic heterocycles. The summed E-state index contributed by atoms with van der Waals surface area (Å²) in [6.45, 7) is 4.09. The van der Waals surface area contributed by atoms with Crippen molar-refractivity contribution in [3.8, 4) is 0 Å². The Bertz CT molecular complexity index is 104. The number of guanidine groups is 1. The zero-order chi connectivity index (χ0) is 6.15. The van der Waals surface area contributed by atoms with Gasteiger partial charge in [-0.3, -0.25) is 5.41 Å². The molecule has 1 rings (SSSR count). The average molecular weight is 113 g/mol. The van der Waals surface area contributed by atoms with Crippen LogP contribution >= 0.6 is 0 Å². The monoisotopic (exact) mass is 113 g/mol. The van der Waals surface area contributed by atoms with E-state index in [1.807, 2.05) is 4.90 Å². The van der Waals surface area contributed by atoms with Gasteiger partial charge in [-0.1, -0.05) is 6.92 Å². The summed E-state index contributed by atoms with van der Waals surface area (Å²) in [6, 6.07) is 0. The second-order valence-corrected chi connectivity index (χ2v) is 2.40. The van der Waals surface area contributed by atoms with E-state index in [0.717, 1.165) is 19.0 Å². The lowest BCUT2D eigenvalue weighted by atomic mass is 10.0. The molecule has 3 N–H and O–H groups in total. The fraction of sp³-hybridized carbons (Fsp3) is 0.800. The molecule has 0 radical (unpaired) electrons. The molecule has 46 valence electrons. The molecule has 0 bridgehead atoms. The quantitative estimate of drug-likeness (QED) is 0.338. The smallest absolute Gasteiger partial charge is 0.188 e. The van der Waals surface area contributed by atoms with E-state index in [1.165, 1.54) is 0 Å². The topological polar surface area (TPSA) is 53.1 Å². The summed E-state index contributed by atoms with van der Waals surface area (Å²) >= 11 is 0. The van der Waals surface area contributed by atoms with Crippen LogP contribution in [-0.4, -0.2) is 23.9 Å². The Labute approximate surface area is 49.0 Å². The maximum Gasteiger partial charge on any atom is 0.188 e. The molecule has 3 nitrogen and oxygen atoms in total. The van der Waals surface area contributed by atoms with Crippen LogP contribution in [0.15, 0.2) is 0 Å². The zero-order valence-corrected chi connectivity index (χ0v) is 5.02. The van der Waals surface area contributed by atoms with E-state index in [4.69, 9.17) is 11.1 Å². The Morgan fingerprint density at radius 3 is 2.38 bits per heavy atom. The SMILES string of the molecule is CC1CN(C(=N)N)C1. The number of likely N-dealkylation sites (tertiary alicyclic amines) is 1. The number of nitrogens with zero attached hydrogens (tertiary/aromatic N) is 1. The molecule has 0 amide bonds. The molecule has 0 aliphatic carbocycles. The highest BCUT2D eigenvalue weighted by molar-refractivity contribution is 5.75. The van der Waals surface area contributed by atoms with Gasteiger partial charge in [0.15, 0.2) is 5.96 Å². The molecule has 0 unspecified atom stereocenters. The fourth-order valence-corrected chi connectivity index (χ4v) is 0.896. The van der Waals surface area contributed by atoms with Crippen molar-refractivity contribution in [3.63, 3.8) is 0 Å². The molecule has 1 aliphatic rings. The van der Waals surface area contributed by atoms with E-state index in [-0.39, 0.29) is 5.96 Å². The van der Waals surface area contributed by atoms with Crippen molar-refractivity contribution in [1.29, 1.82) is 5.41 Å². The Balaban J connectivity index is 2.25. The number of rotatable bonds is 0. The van der Waals surface area contributed by atoms with Crippen molar-refractivity contribution in [3.05, 3.63) is 0 Å². The van der Waals surface area contributed by atoms with Crippen LogP contribution < -0.4 is 5.73 Å². The fourth-order valence-electron chi connectivity index (χ4n) is 0.896. The number of hydrogen-bond donors (Lipinski definition) is 2. The molecule has 0 saturated carbocycles. The lowest BCUT2D eigenvalue weighted by molar-refractivity contribution is 0.202. The van der Waals surface area contributed by atoms with Crippen LogP contribution in [0, 0.1) is 11.3 Å². The van der Waals surface area contributed by atoms with Gasteiger partial charge in [0.25, 0.3) is 0 Å². The van der Waals surface area contributed by atoms with E-state index in [2.05, 4.69) is 6.92 Å². The summed E-state index contributed by atoms with van der Waals surface area (Å²) in [5.74, 6) is 0.946. The van der Waals surface area contributed by atoms with Gasteiger partial charge in [-0.15, -0.1) is 0 Å². The first-order valence-electron chi connectivity index (χ1n) is 2.79. The van der Waals surface area contributed by atoms with Crippen LogP contribution in [0.1, 0.15) is 6.92 Å². The van der Waals surface area contributed by atoms with E-state index >= 15 is 0 Å². The highest BCUT2D eigenvalue weighted by atomic mass is 15.3. The van der Waals surface area contributed by atoms with E-state index in [0.29, 0.717) is 0 Å². The summed E-state index contributed by atoms with van der Waals surface area (Å²) in [4.78, 5) is 1.85. The molecule has 1 saturated heterocycles. The number of nitrogens with two attached hydrogens (primary N) is 1. The van der Waals surface area contributed by atoms with Gasteiger partial charge in [0.2, 0.25) is 0 Å². The van der Waals surface area contributed by atoms with Gasteiger partial charge in [-0.25, -0.2) is 0 Å². The molecule has 0 aromatic rings. The van der Waals surface area contributed by atoms with Gasteiger partial charge in [-0.2, -0.15) is 0 Å². The van der Waals surface area contributed by atoms with Gasteiger partial charge in [0.05, 0.1) is 0 Å². The second-order valence-electron chi connectivity index (χ2n) is 2.40. The third-order valence-electron chi connectivity index (χ3n) is 1.40. The Hall–Kier alpha value is -0.730. The molecular weight excluding hydrogens is 102 g/mol. The molecule has 0 aromatic heterocycles. The second kappa shape index (κ2) is 1.65. The van der Waals surface area contributed by atoms with Crippen molar-refractivity contribution in [2.75, 3.05) is 13.1 Å². The van der Waals surface area contributed by atoms with Crippen LogP contribution in [0.4, 0.5) is 0 Å². The first-order valence-corrected chi connectivity index (χ1v) is 2.79. The largest absolute Gasteiger partial charge is 0.370 e. The number of hydrogen-bond acceptors (Lipinski definition) is 1. The summed E-state index contributed by atoms with van der Waals surface area (Å²) in [5.41, 5.74) is 5.17. The molecule has 0 atom stereocenters. The maximum absolute atomic E-state index is 6.95. The summed E-state index contributed by atoms with van der Waals surface area (Å²) in [7, 11) is 0. The summed E-state index contributed by atoms with van der Waals surface area (Å²) in [5, 5.41) is 6.95. The van der Waals surface area contributed by atoms with Crippen LogP contribution in [0.25, 0.3) is 0 Å². The first kappa shape index (κ1) is 5.41. The molecule has 0 spiro atoms. The van der Waals surface area contributed by atoms with Crippen molar-refractivity contribution in [1.82, 2.24) is 4.90 Å². The molecular formula is C5H11N3. The van der Waals surface area contributed by atoms with Crippen LogP contribution in [0.5, 0.6) is 0 Å². The molecule has 1 heterocycles. The lowest BCUT2D eigenvalue weighted by Gasteiger charge is -2.37. The minimum atomic E-state index is 0.211. The standard InChI is InChI=1S/C5H11N3/c1-4-2-8(3-4)5(6)7/h4H,2-3H2,1H3,(H3,6,7). The Morgan fingerprint density at radius 2 is 2.25 bits per heavy atom. The van der Waals surface area contributed by atoms with Crippen molar-refractivity contribution in [2.45, 2.75) is 6.92 Å². The lowest BCUT2D eigenvalue weighted by Crippen LogP contribution is -2.51. The first-order chi connectivity index (χ1) is 3.70. The minimum Gasteiger partial charge on any atom is -0.370 e. The third kappa shape index (κ3) is 0.757. The van der Waals surface area contributed by atoms with Crippen molar-refractivity contribution >= 4 is 5.96 Å². The number of nitrogens with one attached hydrogen (secondary N) is 1. The van der Waals surface area contributed by atoms with Crippen molar-refractivity contribution < 1.29 is 0 Å². The molecule has 1 fully saturated rings. The highest BCUT2D eigenvalue weighted by Crippen LogP contribution is 2.11.